The summed E-state index contributed by atoms with van der Waals surface area (Å²) in [5.74, 6) is -1.11. The maximum atomic E-state index is 13.0. The third kappa shape index (κ3) is 5.44. The first-order chi connectivity index (χ1) is 14.9. The van der Waals surface area contributed by atoms with Gasteiger partial charge in [-0.1, -0.05) is 11.6 Å². The summed E-state index contributed by atoms with van der Waals surface area (Å²) in [5, 5.41) is 0.0989. The maximum absolute atomic E-state index is 13.0. The Morgan fingerprint density at radius 1 is 1.25 bits per heavy atom. The van der Waals surface area contributed by atoms with Gasteiger partial charge in [0.05, 0.1) is 4.47 Å². The van der Waals surface area contributed by atoms with Crippen LogP contribution in [-0.4, -0.2) is 72.8 Å². The van der Waals surface area contributed by atoms with Crippen LogP contribution in [0.5, 0.6) is 0 Å². The summed E-state index contributed by atoms with van der Waals surface area (Å²) in [7, 11) is -4.33. The maximum Gasteiger partial charge on any atom is 0.299 e. The molecule has 3 rings (SSSR count). The first-order valence-electron chi connectivity index (χ1n) is 10.5. The molecule has 1 saturated heterocycles. The lowest BCUT2D eigenvalue weighted by Crippen LogP contribution is -2.54. The second kappa shape index (κ2) is 9.92. The average molecular weight is 552 g/mol. The summed E-state index contributed by atoms with van der Waals surface area (Å²) < 4.78 is 31.3. The third-order valence-electron chi connectivity index (χ3n) is 6.28. The highest BCUT2D eigenvalue weighted by molar-refractivity contribution is 9.10. The SMILES string of the molecule is CC(C)N1CCN(C(=O)C2CCC(OS(=O)(=O)c3cnc(Cl)c(Br)c3)(C(N)=O)CC2)CC1. The van der Waals surface area contributed by atoms with Crippen LogP contribution in [-0.2, 0) is 23.9 Å². The van der Waals surface area contributed by atoms with E-state index in [1.54, 1.807) is 0 Å². The smallest absolute Gasteiger partial charge is 0.299 e. The molecule has 12 heteroatoms. The molecule has 1 saturated carbocycles. The molecular formula is C20H28BrClN4O5S. The molecule has 2 heterocycles. The minimum atomic E-state index is -4.33. The molecule has 2 N–H and O–H groups in total. The lowest BCUT2D eigenvalue weighted by Gasteiger charge is -2.41. The molecule has 1 aliphatic carbocycles. The molecule has 2 fully saturated rings. The quantitative estimate of drug-likeness (QED) is 0.424. The summed E-state index contributed by atoms with van der Waals surface area (Å²) in [6.45, 7) is 7.25. The van der Waals surface area contributed by atoms with Gasteiger partial charge in [-0.3, -0.25) is 14.5 Å². The van der Waals surface area contributed by atoms with Crippen molar-refractivity contribution in [2.24, 2.45) is 11.7 Å². The number of hydrogen-bond donors (Lipinski definition) is 1. The van der Waals surface area contributed by atoms with Gasteiger partial charge in [-0.05, 0) is 61.5 Å². The number of rotatable bonds is 6. The number of piperazine rings is 1. The number of amides is 2. The van der Waals surface area contributed by atoms with Crippen LogP contribution in [0.2, 0.25) is 5.15 Å². The lowest BCUT2D eigenvalue weighted by molar-refractivity contribution is -0.145. The van der Waals surface area contributed by atoms with Crippen molar-refractivity contribution in [3.8, 4) is 0 Å². The monoisotopic (exact) mass is 550 g/mol. The van der Waals surface area contributed by atoms with E-state index in [-0.39, 0.29) is 39.2 Å². The van der Waals surface area contributed by atoms with Crippen LogP contribution >= 0.6 is 27.5 Å². The van der Waals surface area contributed by atoms with Gasteiger partial charge < -0.3 is 10.6 Å². The predicted molar refractivity (Wildman–Crippen MR) is 122 cm³/mol. The molecule has 0 aromatic carbocycles. The molecular weight excluding hydrogens is 524 g/mol. The molecule has 0 radical (unpaired) electrons. The highest BCUT2D eigenvalue weighted by atomic mass is 79.9. The first-order valence-corrected chi connectivity index (χ1v) is 13.1. The van der Waals surface area contributed by atoms with E-state index in [0.717, 1.165) is 19.3 Å². The van der Waals surface area contributed by atoms with Crippen molar-refractivity contribution in [1.82, 2.24) is 14.8 Å². The normalized spacial score (nSPS) is 25.2. The Labute approximate surface area is 201 Å². The molecule has 0 atom stereocenters. The minimum absolute atomic E-state index is 0.0418. The number of aromatic nitrogens is 1. The van der Waals surface area contributed by atoms with Crippen molar-refractivity contribution in [2.45, 2.75) is 56.1 Å². The molecule has 178 valence electrons. The van der Waals surface area contributed by atoms with Gasteiger partial charge in [-0.15, -0.1) is 0 Å². The Kier molecular flexibility index (Phi) is 7.86. The molecule has 1 aliphatic heterocycles. The molecule has 32 heavy (non-hydrogen) atoms. The second-order valence-electron chi connectivity index (χ2n) is 8.57. The highest BCUT2D eigenvalue weighted by Gasteiger charge is 2.47. The number of carbonyl (C=O) groups excluding carboxylic acids is 2. The molecule has 1 aromatic heterocycles. The van der Waals surface area contributed by atoms with Crippen molar-refractivity contribution in [3.63, 3.8) is 0 Å². The topological polar surface area (TPSA) is 123 Å². The summed E-state index contributed by atoms with van der Waals surface area (Å²) >= 11 is 8.96. The molecule has 9 nitrogen and oxygen atoms in total. The first kappa shape index (κ1) is 25.4. The fourth-order valence-corrected chi connectivity index (χ4v) is 6.03. The van der Waals surface area contributed by atoms with E-state index in [9.17, 15) is 18.0 Å². The Morgan fingerprint density at radius 2 is 1.84 bits per heavy atom. The van der Waals surface area contributed by atoms with Gasteiger partial charge in [0.2, 0.25) is 5.91 Å². The summed E-state index contributed by atoms with van der Waals surface area (Å²) in [6.07, 6.45) is 1.80. The molecule has 1 aromatic rings. The van der Waals surface area contributed by atoms with E-state index < -0.39 is 21.6 Å². The van der Waals surface area contributed by atoms with Crippen LogP contribution in [0.1, 0.15) is 39.5 Å². The van der Waals surface area contributed by atoms with Crippen LogP contribution in [0, 0.1) is 5.92 Å². The Morgan fingerprint density at radius 3 is 2.34 bits per heavy atom. The van der Waals surface area contributed by atoms with Crippen molar-refractivity contribution in [2.75, 3.05) is 26.2 Å². The Bertz CT molecular complexity index is 974. The highest BCUT2D eigenvalue weighted by Crippen LogP contribution is 2.38. The third-order valence-corrected chi connectivity index (χ3v) is 8.75. The van der Waals surface area contributed by atoms with Gasteiger partial charge in [-0.25, -0.2) is 9.17 Å². The van der Waals surface area contributed by atoms with Gasteiger partial charge in [0.15, 0.2) is 5.60 Å². The zero-order chi connectivity index (χ0) is 23.7. The van der Waals surface area contributed by atoms with E-state index in [0.29, 0.717) is 32.0 Å². The number of hydrogen-bond acceptors (Lipinski definition) is 7. The van der Waals surface area contributed by atoms with Gasteiger partial charge in [0.25, 0.3) is 16.0 Å². The van der Waals surface area contributed by atoms with Gasteiger partial charge in [0.1, 0.15) is 10.0 Å². The largest absolute Gasteiger partial charge is 0.367 e. The Balaban J connectivity index is 1.67. The zero-order valence-corrected chi connectivity index (χ0v) is 21.2. The fraction of sp³-hybridized carbons (Fsp3) is 0.650. The number of primary amides is 1. The van der Waals surface area contributed by atoms with Crippen molar-refractivity contribution in [1.29, 1.82) is 0 Å². The summed E-state index contributed by atoms with van der Waals surface area (Å²) in [4.78, 5) is 33.0. The van der Waals surface area contributed by atoms with Gasteiger partial charge in [0, 0.05) is 44.3 Å². The van der Waals surface area contributed by atoms with E-state index in [1.807, 2.05) is 4.90 Å². The van der Waals surface area contributed by atoms with Gasteiger partial charge in [-0.2, -0.15) is 8.42 Å². The van der Waals surface area contributed by atoms with E-state index >= 15 is 0 Å². The molecule has 0 spiro atoms. The molecule has 0 bridgehead atoms. The number of pyridine rings is 1. The number of nitrogens with two attached hydrogens (primary N) is 1. The van der Waals surface area contributed by atoms with Crippen molar-refractivity contribution >= 4 is 49.5 Å². The zero-order valence-electron chi connectivity index (χ0n) is 18.1. The summed E-state index contributed by atoms with van der Waals surface area (Å²) in [6, 6.07) is 1.69. The molecule has 0 unspecified atom stereocenters. The molecule has 2 amide bonds. The van der Waals surface area contributed by atoms with Crippen LogP contribution in [0.15, 0.2) is 21.6 Å². The lowest BCUT2D eigenvalue weighted by atomic mass is 9.78. The standard InChI is InChI=1S/C20H28BrClN4O5S/c1-13(2)25-7-9-26(10-8-25)18(27)14-3-5-20(6-4-14,19(23)28)31-32(29,30)15-11-16(21)17(22)24-12-15/h11-14H,3-10H2,1-2H3,(H2,23,28). The van der Waals surface area contributed by atoms with E-state index in [1.165, 1.54) is 6.07 Å². The average Bonchev–Trinajstić information content (AvgIpc) is 2.75. The Hall–Kier alpha value is -1.27. The predicted octanol–water partition coefficient (Wildman–Crippen LogP) is 2.17. The van der Waals surface area contributed by atoms with Gasteiger partial charge >= 0.3 is 0 Å². The second-order valence-corrected chi connectivity index (χ2v) is 11.3. The van der Waals surface area contributed by atoms with Crippen molar-refractivity contribution in [3.05, 3.63) is 21.9 Å². The molecule has 2 aliphatic rings. The van der Waals surface area contributed by atoms with Crippen LogP contribution in [0.4, 0.5) is 0 Å². The van der Waals surface area contributed by atoms with E-state index in [2.05, 4.69) is 39.7 Å². The van der Waals surface area contributed by atoms with Crippen LogP contribution in [0.25, 0.3) is 0 Å². The van der Waals surface area contributed by atoms with Crippen LogP contribution < -0.4 is 5.73 Å². The van der Waals surface area contributed by atoms with Crippen molar-refractivity contribution < 1.29 is 22.2 Å². The minimum Gasteiger partial charge on any atom is -0.367 e. The van der Waals surface area contributed by atoms with E-state index in [4.69, 9.17) is 21.5 Å². The number of carbonyl (C=O) groups is 2. The van der Waals surface area contributed by atoms with Crippen LogP contribution in [0.3, 0.4) is 0 Å². The fourth-order valence-electron chi connectivity index (χ4n) is 4.22. The number of halogens is 2. The summed E-state index contributed by atoms with van der Waals surface area (Å²) in [5.41, 5.74) is 3.88. The number of nitrogens with zero attached hydrogens (tertiary/aromatic N) is 3.